The van der Waals surface area contributed by atoms with Crippen LogP contribution in [0.5, 0.6) is 5.75 Å². The summed E-state index contributed by atoms with van der Waals surface area (Å²) in [6.07, 6.45) is 5.02. The number of nitrogens with zero attached hydrogens (tertiary/aromatic N) is 3. The van der Waals surface area contributed by atoms with Crippen LogP contribution < -0.4 is 10.2 Å². The number of pyridine rings is 2. The number of carbonyl (C=O) groups excluding carboxylic acids is 1. The highest BCUT2D eigenvalue weighted by Crippen LogP contribution is 2.26. The molecule has 0 aliphatic rings. The van der Waals surface area contributed by atoms with Crippen molar-refractivity contribution in [3.8, 4) is 17.0 Å². The zero-order valence-electron chi connectivity index (χ0n) is 17.3. The van der Waals surface area contributed by atoms with E-state index in [1.54, 1.807) is 24.7 Å². The molecule has 0 atom stereocenters. The molecule has 6 heteroatoms. The SMILES string of the molecule is CC(C)Oc1ccc(-c2cc(C(=O)N/N=C/c3ccncc3)c3ccccc3n2)cc1. The van der Waals surface area contributed by atoms with E-state index in [1.807, 2.05) is 74.5 Å². The quantitative estimate of drug-likeness (QED) is 0.364. The molecule has 1 N–H and O–H groups in total. The standard InChI is InChI=1S/C25H22N4O2/c1-17(2)31-20-9-7-19(8-10-20)24-15-22(21-5-3-4-6-23(21)28-24)25(30)29-27-16-18-11-13-26-14-12-18/h3-17H,1-2H3,(H,29,30)/b27-16+. The first-order valence-corrected chi connectivity index (χ1v) is 10.0. The van der Waals surface area contributed by atoms with E-state index in [-0.39, 0.29) is 12.0 Å². The summed E-state index contributed by atoms with van der Waals surface area (Å²) in [4.78, 5) is 21.6. The topological polar surface area (TPSA) is 76.5 Å². The molecule has 1 amide bonds. The average Bonchev–Trinajstić information content (AvgIpc) is 2.79. The molecular formula is C25H22N4O2. The Hall–Kier alpha value is -4.06. The molecular weight excluding hydrogens is 388 g/mol. The number of hydrogen-bond acceptors (Lipinski definition) is 5. The van der Waals surface area contributed by atoms with Crippen LogP contribution >= 0.6 is 0 Å². The van der Waals surface area contributed by atoms with Crippen LogP contribution in [0.25, 0.3) is 22.2 Å². The summed E-state index contributed by atoms with van der Waals surface area (Å²) in [6, 6.07) is 20.7. The Morgan fingerprint density at radius 2 is 1.77 bits per heavy atom. The van der Waals surface area contributed by atoms with Gasteiger partial charge >= 0.3 is 0 Å². The molecule has 154 valence electrons. The van der Waals surface area contributed by atoms with Crippen LogP contribution in [0.2, 0.25) is 0 Å². The molecule has 31 heavy (non-hydrogen) atoms. The molecule has 2 aromatic heterocycles. The number of hydrogen-bond donors (Lipinski definition) is 1. The number of aromatic nitrogens is 2. The summed E-state index contributed by atoms with van der Waals surface area (Å²) in [7, 11) is 0. The first-order valence-electron chi connectivity index (χ1n) is 10.0. The van der Waals surface area contributed by atoms with E-state index in [2.05, 4.69) is 15.5 Å². The molecule has 0 saturated carbocycles. The van der Waals surface area contributed by atoms with E-state index in [1.165, 1.54) is 0 Å². The lowest BCUT2D eigenvalue weighted by Gasteiger charge is -2.11. The van der Waals surface area contributed by atoms with Gasteiger partial charge in [0.25, 0.3) is 5.91 Å². The maximum absolute atomic E-state index is 12.9. The smallest absolute Gasteiger partial charge is 0.272 e. The zero-order valence-corrected chi connectivity index (χ0v) is 17.3. The lowest BCUT2D eigenvalue weighted by atomic mass is 10.0. The van der Waals surface area contributed by atoms with Gasteiger partial charge in [0.2, 0.25) is 0 Å². The van der Waals surface area contributed by atoms with E-state index in [0.717, 1.165) is 27.8 Å². The number of rotatable bonds is 6. The highest BCUT2D eigenvalue weighted by atomic mass is 16.5. The van der Waals surface area contributed by atoms with Crippen molar-refractivity contribution < 1.29 is 9.53 Å². The van der Waals surface area contributed by atoms with Gasteiger partial charge in [0.1, 0.15) is 5.75 Å². The molecule has 0 saturated heterocycles. The fraction of sp³-hybridized carbons (Fsp3) is 0.120. The number of benzene rings is 2. The Kier molecular flexibility index (Phi) is 5.98. The van der Waals surface area contributed by atoms with Gasteiger partial charge in [-0.1, -0.05) is 18.2 Å². The lowest BCUT2D eigenvalue weighted by Crippen LogP contribution is -2.18. The van der Waals surface area contributed by atoms with Crippen molar-refractivity contribution in [3.05, 3.63) is 90.3 Å². The largest absolute Gasteiger partial charge is 0.491 e. The second kappa shape index (κ2) is 9.17. The first kappa shape index (κ1) is 20.2. The molecule has 0 unspecified atom stereocenters. The Balaban J connectivity index is 1.65. The second-order valence-corrected chi connectivity index (χ2v) is 7.24. The first-order chi connectivity index (χ1) is 15.1. The Morgan fingerprint density at radius 1 is 1.03 bits per heavy atom. The molecule has 4 rings (SSSR count). The van der Waals surface area contributed by atoms with Crippen LogP contribution in [0.15, 0.2) is 84.2 Å². The normalized spacial score (nSPS) is 11.2. The summed E-state index contributed by atoms with van der Waals surface area (Å²) in [5.41, 5.74) is 6.31. The molecule has 0 spiro atoms. The molecule has 0 bridgehead atoms. The molecule has 6 nitrogen and oxygen atoms in total. The van der Waals surface area contributed by atoms with Crippen LogP contribution in [-0.2, 0) is 0 Å². The van der Waals surface area contributed by atoms with Gasteiger partial charge in [0, 0.05) is 23.3 Å². The monoisotopic (exact) mass is 410 g/mol. The summed E-state index contributed by atoms with van der Waals surface area (Å²) in [5, 5.41) is 4.84. The number of para-hydroxylation sites is 1. The third-order valence-electron chi connectivity index (χ3n) is 4.57. The summed E-state index contributed by atoms with van der Waals surface area (Å²) >= 11 is 0. The van der Waals surface area contributed by atoms with Crippen LogP contribution in [0, 0.1) is 0 Å². The molecule has 0 fully saturated rings. The van der Waals surface area contributed by atoms with E-state index in [0.29, 0.717) is 11.3 Å². The van der Waals surface area contributed by atoms with Crippen LogP contribution in [0.3, 0.4) is 0 Å². The highest BCUT2D eigenvalue weighted by molar-refractivity contribution is 6.07. The number of hydrazone groups is 1. The van der Waals surface area contributed by atoms with Crippen molar-refractivity contribution >= 4 is 23.0 Å². The van der Waals surface area contributed by atoms with Gasteiger partial charge in [-0.15, -0.1) is 0 Å². The number of nitrogens with one attached hydrogen (secondary N) is 1. The fourth-order valence-electron chi connectivity index (χ4n) is 3.16. The molecule has 0 radical (unpaired) electrons. The predicted molar refractivity (Wildman–Crippen MR) is 122 cm³/mol. The van der Waals surface area contributed by atoms with Gasteiger partial charge < -0.3 is 4.74 Å². The Labute approximate surface area is 180 Å². The minimum atomic E-state index is -0.301. The van der Waals surface area contributed by atoms with Crippen molar-refractivity contribution in [1.29, 1.82) is 0 Å². The third kappa shape index (κ3) is 4.93. The minimum Gasteiger partial charge on any atom is -0.491 e. The number of fused-ring (bicyclic) bond motifs is 1. The van der Waals surface area contributed by atoms with Gasteiger partial charge in [-0.3, -0.25) is 9.78 Å². The van der Waals surface area contributed by atoms with Crippen molar-refractivity contribution in [2.75, 3.05) is 0 Å². The Morgan fingerprint density at radius 3 is 2.52 bits per heavy atom. The minimum absolute atomic E-state index is 0.104. The lowest BCUT2D eigenvalue weighted by molar-refractivity contribution is 0.0956. The maximum Gasteiger partial charge on any atom is 0.272 e. The maximum atomic E-state index is 12.9. The van der Waals surface area contributed by atoms with Crippen molar-refractivity contribution in [1.82, 2.24) is 15.4 Å². The second-order valence-electron chi connectivity index (χ2n) is 7.24. The molecule has 0 aliphatic heterocycles. The van der Waals surface area contributed by atoms with Gasteiger partial charge in [0.05, 0.1) is 29.1 Å². The Bertz CT molecular complexity index is 1220. The summed E-state index contributed by atoms with van der Waals surface area (Å²) in [6.45, 7) is 3.97. The molecule has 2 aromatic carbocycles. The van der Waals surface area contributed by atoms with Gasteiger partial charge in [-0.25, -0.2) is 10.4 Å². The van der Waals surface area contributed by atoms with Gasteiger partial charge in [-0.05, 0) is 67.9 Å². The van der Waals surface area contributed by atoms with Gasteiger partial charge in [-0.2, -0.15) is 5.10 Å². The fourth-order valence-corrected chi connectivity index (χ4v) is 3.16. The van der Waals surface area contributed by atoms with E-state index in [4.69, 9.17) is 9.72 Å². The van der Waals surface area contributed by atoms with Crippen molar-refractivity contribution in [3.63, 3.8) is 0 Å². The van der Waals surface area contributed by atoms with Gasteiger partial charge in [0.15, 0.2) is 0 Å². The zero-order chi connectivity index (χ0) is 21.6. The molecule has 0 aliphatic carbocycles. The summed E-state index contributed by atoms with van der Waals surface area (Å²) < 4.78 is 5.71. The van der Waals surface area contributed by atoms with Crippen LogP contribution in [0.1, 0.15) is 29.8 Å². The van der Waals surface area contributed by atoms with E-state index in [9.17, 15) is 4.79 Å². The van der Waals surface area contributed by atoms with E-state index >= 15 is 0 Å². The number of carbonyl (C=O) groups is 1. The van der Waals surface area contributed by atoms with Crippen molar-refractivity contribution in [2.45, 2.75) is 20.0 Å². The third-order valence-corrected chi connectivity index (χ3v) is 4.57. The number of amides is 1. The highest BCUT2D eigenvalue weighted by Gasteiger charge is 2.13. The molecule has 2 heterocycles. The van der Waals surface area contributed by atoms with E-state index < -0.39 is 0 Å². The average molecular weight is 410 g/mol. The molecule has 4 aromatic rings. The predicted octanol–water partition coefficient (Wildman–Crippen LogP) is 4.85. The summed E-state index contributed by atoms with van der Waals surface area (Å²) in [5.74, 6) is 0.493. The number of ether oxygens (including phenoxy) is 1. The van der Waals surface area contributed by atoms with Crippen LogP contribution in [-0.4, -0.2) is 28.2 Å². The van der Waals surface area contributed by atoms with Crippen LogP contribution in [0.4, 0.5) is 0 Å². The van der Waals surface area contributed by atoms with Crippen molar-refractivity contribution in [2.24, 2.45) is 5.10 Å².